The number of carbonyl (C=O) groups excluding carboxylic acids is 2. The van der Waals surface area contributed by atoms with Gasteiger partial charge in [0.15, 0.2) is 12.4 Å². The van der Waals surface area contributed by atoms with Gasteiger partial charge in [-0.05, 0) is 52.7 Å². The normalized spacial score (nSPS) is 15.5. The Bertz CT molecular complexity index is 849. The molecule has 0 aliphatic carbocycles. The molecule has 8 nitrogen and oxygen atoms in total. The van der Waals surface area contributed by atoms with E-state index in [1.807, 2.05) is 0 Å². The van der Waals surface area contributed by atoms with Gasteiger partial charge in [0, 0.05) is 11.3 Å². The Hall–Kier alpha value is -3.29. The summed E-state index contributed by atoms with van der Waals surface area (Å²) in [5.41, 5.74) is 1.81. The lowest BCUT2D eigenvalue weighted by atomic mass is 9.99. The van der Waals surface area contributed by atoms with Gasteiger partial charge in [-0.3, -0.25) is 9.59 Å². The Morgan fingerprint density at radius 2 is 2.21 bits per heavy atom. The van der Waals surface area contributed by atoms with E-state index in [0.717, 1.165) is 5.56 Å². The molecule has 2 heterocycles. The smallest absolute Gasteiger partial charge is 0.406 e. The number of benzene rings is 1. The van der Waals surface area contributed by atoms with E-state index in [1.165, 1.54) is 18.3 Å². The van der Waals surface area contributed by atoms with Crippen molar-refractivity contribution in [3.63, 3.8) is 0 Å². The summed E-state index contributed by atoms with van der Waals surface area (Å²) in [5.74, 6) is -1.29. The van der Waals surface area contributed by atoms with Crippen LogP contribution in [0.25, 0.3) is 0 Å². The molecular formula is C16H13N3O5. The number of nitrogens with zero attached hydrogens (tertiary/aromatic N) is 2. The minimum absolute atomic E-state index is 0.0674. The maximum atomic E-state index is 12.3. The van der Waals surface area contributed by atoms with Crippen molar-refractivity contribution in [2.24, 2.45) is 0 Å². The van der Waals surface area contributed by atoms with Crippen LogP contribution in [0.2, 0.25) is 0 Å². The number of ether oxygens (including phenoxy) is 1. The molecule has 0 saturated carbocycles. The first kappa shape index (κ1) is 15.6. The average Bonchev–Trinajstić information content (AvgIpc) is 2.87. The van der Waals surface area contributed by atoms with E-state index in [2.05, 4.69) is 10.3 Å². The van der Waals surface area contributed by atoms with Crippen molar-refractivity contribution in [2.45, 2.75) is 12.8 Å². The predicted molar refractivity (Wildman–Crippen MR) is 84.2 cm³/mol. The summed E-state index contributed by atoms with van der Waals surface area (Å²) in [6, 6.07) is 7.76. The van der Waals surface area contributed by atoms with Crippen LogP contribution in [0.15, 0.2) is 36.5 Å². The fourth-order valence-electron chi connectivity index (χ4n) is 2.45. The number of hydrogen-bond acceptors (Lipinski definition) is 6. The standard InChI is InChI=1S/C16H13N3O5/c1-9-11-7-10(4-5-12(11)18-16(9)21)13(20)8-24-14-3-2-6-17-15(14)19(22)23/h2-7,9H,8H2,1H3,(H,18,21)/t9-/m0/s1. The van der Waals surface area contributed by atoms with Crippen LogP contribution < -0.4 is 10.1 Å². The van der Waals surface area contributed by atoms with E-state index >= 15 is 0 Å². The number of nitrogens with one attached hydrogen (secondary N) is 1. The molecule has 1 aliphatic rings. The van der Waals surface area contributed by atoms with Gasteiger partial charge < -0.3 is 20.2 Å². The fraction of sp³-hybridized carbons (Fsp3) is 0.188. The third-order valence-electron chi connectivity index (χ3n) is 3.77. The predicted octanol–water partition coefficient (Wildman–Crippen LogP) is 2.31. The van der Waals surface area contributed by atoms with Gasteiger partial charge >= 0.3 is 5.82 Å². The Morgan fingerprint density at radius 3 is 2.96 bits per heavy atom. The van der Waals surface area contributed by atoms with Gasteiger partial charge in [-0.25, -0.2) is 0 Å². The molecule has 1 aromatic carbocycles. The minimum Gasteiger partial charge on any atom is -0.477 e. The van der Waals surface area contributed by atoms with Gasteiger partial charge in [0.05, 0.1) is 5.92 Å². The summed E-state index contributed by atoms with van der Waals surface area (Å²) >= 11 is 0. The molecule has 0 radical (unpaired) electrons. The van der Waals surface area contributed by atoms with Crippen molar-refractivity contribution in [2.75, 3.05) is 11.9 Å². The molecule has 2 aromatic rings. The topological polar surface area (TPSA) is 111 Å². The lowest BCUT2D eigenvalue weighted by Gasteiger charge is -2.07. The van der Waals surface area contributed by atoms with Crippen molar-refractivity contribution < 1.29 is 19.2 Å². The molecule has 1 aliphatic heterocycles. The average molecular weight is 327 g/mol. The maximum Gasteiger partial charge on any atom is 0.406 e. The molecule has 24 heavy (non-hydrogen) atoms. The first-order valence-corrected chi connectivity index (χ1v) is 7.17. The molecular weight excluding hydrogens is 314 g/mol. The minimum atomic E-state index is -0.672. The quantitative estimate of drug-likeness (QED) is 0.512. The van der Waals surface area contributed by atoms with E-state index in [1.54, 1.807) is 25.1 Å². The first-order valence-electron chi connectivity index (χ1n) is 7.17. The van der Waals surface area contributed by atoms with Crippen LogP contribution in [-0.2, 0) is 4.79 Å². The number of nitro groups is 1. The van der Waals surface area contributed by atoms with Crippen LogP contribution in [0.3, 0.4) is 0 Å². The summed E-state index contributed by atoms with van der Waals surface area (Å²) in [6.07, 6.45) is 1.28. The molecule has 1 aromatic heterocycles. The number of amides is 1. The summed E-state index contributed by atoms with van der Waals surface area (Å²) in [4.78, 5) is 37.7. The van der Waals surface area contributed by atoms with Gasteiger partial charge in [-0.15, -0.1) is 0 Å². The van der Waals surface area contributed by atoms with Crippen LogP contribution in [0.1, 0.15) is 28.8 Å². The number of anilines is 1. The highest BCUT2D eigenvalue weighted by molar-refractivity contribution is 6.05. The number of aromatic nitrogens is 1. The van der Waals surface area contributed by atoms with E-state index in [-0.39, 0.29) is 30.0 Å². The Morgan fingerprint density at radius 1 is 1.42 bits per heavy atom. The highest BCUT2D eigenvalue weighted by Crippen LogP contribution is 2.32. The largest absolute Gasteiger partial charge is 0.477 e. The number of fused-ring (bicyclic) bond motifs is 1. The van der Waals surface area contributed by atoms with Crippen LogP contribution in [-0.4, -0.2) is 28.2 Å². The van der Waals surface area contributed by atoms with Gasteiger partial charge in [0.2, 0.25) is 11.7 Å². The van der Waals surface area contributed by atoms with Gasteiger partial charge in [0.1, 0.15) is 6.20 Å². The Labute approximate surface area is 136 Å². The lowest BCUT2D eigenvalue weighted by Crippen LogP contribution is -2.13. The Balaban J connectivity index is 1.75. The second-order valence-corrected chi connectivity index (χ2v) is 5.31. The Kier molecular flexibility index (Phi) is 3.95. The molecule has 0 spiro atoms. The number of ketones is 1. The van der Waals surface area contributed by atoms with Crippen molar-refractivity contribution in [3.05, 3.63) is 57.8 Å². The SMILES string of the molecule is C[C@@H]1C(=O)Nc2ccc(C(=O)COc3cccnc3[N+](=O)[O-])cc21. The second kappa shape index (κ2) is 6.07. The summed E-state index contributed by atoms with van der Waals surface area (Å²) < 4.78 is 5.25. The number of Topliss-reactive ketones (excluding diaryl/α,β-unsaturated/α-hetero) is 1. The van der Waals surface area contributed by atoms with Crippen LogP contribution >= 0.6 is 0 Å². The summed E-state index contributed by atoms with van der Waals surface area (Å²) in [5, 5.41) is 13.6. The molecule has 122 valence electrons. The second-order valence-electron chi connectivity index (χ2n) is 5.31. The highest BCUT2D eigenvalue weighted by Gasteiger charge is 2.27. The van der Waals surface area contributed by atoms with Crippen LogP contribution in [0.4, 0.5) is 11.5 Å². The zero-order chi connectivity index (χ0) is 17.3. The van der Waals surface area contributed by atoms with Crippen LogP contribution in [0, 0.1) is 10.1 Å². The van der Waals surface area contributed by atoms with E-state index in [9.17, 15) is 19.7 Å². The first-order chi connectivity index (χ1) is 11.5. The monoisotopic (exact) mass is 327 g/mol. The highest BCUT2D eigenvalue weighted by atomic mass is 16.6. The molecule has 3 rings (SSSR count). The summed E-state index contributed by atoms with van der Waals surface area (Å²) in [6.45, 7) is 1.39. The van der Waals surface area contributed by atoms with E-state index in [0.29, 0.717) is 11.3 Å². The fourth-order valence-corrected chi connectivity index (χ4v) is 2.45. The lowest BCUT2D eigenvalue weighted by molar-refractivity contribution is -0.390. The zero-order valence-electron chi connectivity index (χ0n) is 12.7. The molecule has 1 amide bonds. The van der Waals surface area contributed by atoms with Crippen molar-refractivity contribution in [1.29, 1.82) is 0 Å². The molecule has 8 heteroatoms. The van der Waals surface area contributed by atoms with Crippen molar-refractivity contribution in [1.82, 2.24) is 4.98 Å². The van der Waals surface area contributed by atoms with Gasteiger partial charge in [0.25, 0.3) is 0 Å². The molecule has 0 fully saturated rings. The number of carbonyl (C=O) groups is 2. The van der Waals surface area contributed by atoms with Crippen molar-refractivity contribution in [3.8, 4) is 5.75 Å². The van der Waals surface area contributed by atoms with Gasteiger partial charge in [-0.1, -0.05) is 0 Å². The molecule has 0 saturated heterocycles. The van der Waals surface area contributed by atoms with Gasteiger partial charge in [-0.2, -0.15) is 0 Å². The number of hydrogen-bond donors (Lipinski definition) is 1. The van der Waals surface area contributed by atoms with E-state index < -0.39 is 10.7 Å². The third-order valence-corrected chi connectivity index (χ3v) is 3.77. The maximum absolute atomic E-state index is 12.3. The molecule has 0 bridgehead atoms. The van der Waals surface area contributed by atoms with Crippen molar-refractivity contribution >= 4 is 23.2 Å². The number of pyridine rings is 1. The molecule has 1 N–H and O–H groups in total. The molecule has 1 atom stereocenters. The zero-order valence-corrected chi connectivity index (χ0v) is 12.7. The van der Waals surface area contributed by atoms with E-state index in [4.69, 9.17) is 4.74 Å². The number of rotatable bonds is 5. The molecule has 0 unspecified atom stereocenters. The summed E-state index contributed by atoms with van der Waals surface area (Å²) in [7, 11) is 0. The van der Waals surface area contributed by atoms with Crippen LogP contribution in [0.5, 0.6) is 5.75 Å². The third kappa shape index (κ3) is 2.81.